The van der Waals surface area contributed by atoms with Crippen LogP contribution in [0.2, 0.25) is 0 Å². The number of nitrogens with one attached hydrogen (secondary N) is 2. The van der Waals surface area contributed by atoms with Crippen LogP contribution in [0, 0.1) is 0 Å². The molecule has 0 spiro atoms. The highest BCUT2D eigenvalue weighted by Gasteiger charge is 2.15. The number of hydrogen-bond donors (Lipinski definition) is 3. The van der Waals surface area contributed by atoms with Crippen LogP contribution in [0.5, 0.6) is 0 Å². The molecule has 0 bridgehead atoms. The number of carbonyl (C=O) groups is 1. The van der Waals surface area contributed by atoms with E-state index in [9.17, 15) is 4.79 Å². The van der Waals surface area contributed by atoms with Crippen molar-refractivity contribution < 1.29 is 4.79 Å². The highest BCUT2D eigenvalue weighted by atomic mass is 32.2. The molecule has 2 rings (SSSR count). The van der Waals surface area contributed by atoms with E-state index in [1.165, 1.54) is 0 Å². The van der Waals surface area contributed by atoms with Crippen molar-refractivity contribution in [3.63, 3.8) is 0 Å². The van der Waals surface area contributed by atoms with E-state index in [2.05, 4.69) is 23.5 Å². The van der Waals surface area contributed by atoms with Gasteiger partial charge in [0.15, 0.2) is 0 Å². The molecule has 2 aromatic rings. The smallest absolute Gasteiger partial charge is 0.237 e. The van der Waals surface area contributed by atoms with Crippen LogP contribution in [-0.4, -0.2) is 35.0 Å². The standard InChI is InChI=1S/C16H23N3OS/c1-11(21-2)7-8-18-16(20)14(17)9-12-10-19-15-6-4-3-5-13(12)15/h3-6,10-11,14,19H,7-9,17H2,1-2H3,(H,18,20)/t11?,14-/m0/s1. The summed E-state index contributed by atoms with van der Waals surface area (Å²) in [5, 5.41) is 4.61. The Kier molecular flexibility index (Phi) is 5.70. The molecule has 1 heterocycles. The van der Waals surface area contributed by atoms with Gasteiger partial charge in [0.25, 0.3) is 0 Å². The topological polar surface area (TPSA) is 70.9 Å². The van der Waals surface area contributed by atoms with Gasteiger partial charge in [-0.15, -0.1) is 0 Å². The van der Waals surface area contributed by atoms with E-state index in [0.717, 1.165) is 22.9 Å². The molecular formula is C16H23N3OS. The predicted molar refractivity (Wildman–Crippen MR) is 90.6 cm³/mol. The number of carbonyl (C=O) groups excluding carboxylic acids is 1. The molecule has 1 aromatic heterocycles. The Bertz CT molecular complexity index is 596. The quantitative estimate of drug-likeness (QED) is 0.735. The molecule has 2 atom stereocenters. The van der Waals surface area contributed by atoms with Gasteiger partial charge in [-0.2, -0.15) is 11.8 Å². The summed E-state index contributed by atoms with van der Waals surface area (Å²) in [5.41, 5.74) is 8.18. The first-order chi connectivity index (χ1) is 10.1. The molecule has 1 unspecified atom stereocenters. The number of nitrogens with two attached hydrogens (primary N) is 1. The lowest BCUT2D eigenvalue weighted by atomic mass is 10.1. The summed E-state index contributed by atoms with van der Waals surface area (Å²) in [4.78, 5) is 15.2. The molecule has 0 saturated heterocycles. The van der Waals surface area contributed by atoms with Crippen LogP contribution in [0.25, 0.3) is 10.9 Å². The minimum Gasteiger partial charge on any atom is -0.361 e. The lowest BCUT2D eigenvalue weighted by Crippen LogP contribution is -2.42. The molecule has 4 N–H and O–H groups in total. The van der Waals surface area contributed by atoms with E-state index < -0.39 is 6.04 Å². The Morgan fingerprint density at radius 1 is 1.43 bits per heavy atom. The van der Waals surface area contributed by atoms with E-state index in [4.69, 9.17) is 5.73 Å². The minimum atomic E-state index is -0.506. The second-order valence-corrected chi connectivity index (χ2v) is 6.57. The Morgan fingerprint density at radius 3 is 2.95 bits per heavy atom. The molecule has 0 fully saturated rings. The lowest BCUT2D eigenvalue weighted by molar-refractivity contribution is -0.122. The van der Waals surface area contributed by atoms with Crippen molar-refractivity contribution in [1.29, 1.82) is 0 Å². The van der Waals surface area contributed by atoms with Gasteiger partial charge in [-0.3, -0.25) is 4.79 Å². The van der Waals surface area contributed by atoms with Gasteiger partial charge in [-0.1, -0.05) is 25.1 Å². The zero-order valence-electron chi connectivity index (χ0n) is 12.6. The van der Waals surface area contributed by atoms with Gasteiger partial charge < -0.3 is 16.0 Å². The van der Waals surface area contributed by atoms with E-state index >= 15 is 0 Å². The summed E-state index contributed by atoms with van der Waals surface area (Å²) >= 11 is 1.80. The number of H-pyrrole nitrogens is 1. The maximum atomic E-state index is 12.0. The SMILES string of the molecule is CSC(C)CCNC(=O)[C@@H](N)Cc1c[nH]c2ccccc12. The monoisotopic (exact) mass is 305 g/mol. The zero-order valence-corrected chi connectivity index (χ0v) is 13.4. The van der Waals surface area contributed by atoms with Crippen LogP contribution < -0.4 is 11.1 Å². The van der Waals surface area contributed by atoms with E-state index in [-0.39, 0.29) is 5.91 Å². The number of hydrogen-bond acceptors (Lipinski definition) is 3. The fourth-order valence-electron chi connectivity index (χ4n) is 2.28. The normalized spacial score (nSPS) is 14.0. The molecule has 0 aliphatic carbocycles. The van der Waals surface area contributed by atoms with Crippen molar-refractivity contribution in [3.05, 3.63) is 36.0 Å². The summed E-state index contributed by atoms with van der Waals surface area (Å²) in [6.45, 7) is 2.84. The molecule has 114 valence electrons. The first-order valence-corrected chi connectivity index (χ1v) is 8.51. The number of rotatable bonds is 7. The fraction of sp³-hybridized carbons (Fsp3) is 0.438. The predicted octanol–water partition coefficient (Wildman–Crippen LogP) is 2.30. The Labute approximate surface area is 129 Å². The van der Waals surface area contributed by atoms with Crippen LogP contribution in [0.15, 0.2) is 30.5 Å². The third-order valence-electron chi connectivity index (χ3n) is 3.70. The van der Waals surface area contributed by atoms with Crippen LogP contribution >= 0.6 is 11.8 Å². The summed E-state index contributed by atoms with van der Waals surface area (Å²) in [7, 11) is 0. The number of amides is 1. The number of fused-ring (bicyclic) bond motifs is 1. The first kappa shape index (κ1) is 15.9. The maximum absolute atomic E-state index is 12.0. The van der Waals surface area contributed by atoms with Gasteiger partial charge >= 0.3 is 0 Å². The molecular weight excluding hydrogens is 282 g/mol. The van der Waals surface area contributed by atoms with E-state index in [0.29, 0.717) is 18.2 Å². The summed E-state index contributed by atoms with van der Waals surface area (Å²) < 4.78 is 0. The van der Waals surface area contributed by atoms with Crippen LogP contribution in [-0.2, 0) is 11.2 Å². The average molecular weight is 305 g/mol. The number of para-hydroxylation sites is 1. The van der Waals surface area contributed by atoms with Crippen molar-refractivity contribution in [2.45, 2.75) is 31.1 Å². The van der Waals surface area contributed by atoms with Crippen LogP contribution in [0.1, 0.15) is 18.9 Å². The first-order valence-electron chi connectivity index (χ1n) is 7.23. The van der Waals surface area contributed by atoms with Crippen molar-refractivity contribution in [2.75, 3.05) is 12.8 Å². The number of benzene rings is 1. The highest BCUT2D eigenvalue weighted by Crippen LogP contribution is 2.18. The fourth-order valence-corrected chi connectivity index (χ4v) is 2.63. The number of aromatic amines is 1. The second-order valence-electron chi connectivity index (χ2n) is 5.30. The maximum Gasteiger partial charge on any atom is 0.237 e. The molecule has 0 aliphatic heterocycles. The molecule has 21 heavy (non-hydrogen) atoms. The summed E-state index contributed by atoms with van der Waals surface area (Å²) in [6.07, 6.45) is 5.53. The molecule has 4 nitrogen and oxygen atoms in total. The average Bonchev–Trinajstić information content (AvgIpc) is 2.90. The molecule has 5 heteroatoms. The summed E-state index contributed by atoms with van der Waals surface area (Å²) in [5.74, 6) is -0.0754. The second kappa shape index (κ2) is 7.52. The third kappa shape index (κ3) is 4.25. The van der Waals surface area contributed by atoms with Gasteiger partial charge in [0.2, 0.25) is 5.91 Å². The van der Waals surface area contributed by atoms with Crippen molar-refractivity contribution >= 4 is 28.6 Å². The van der Waals surface area contributed by atoms with Crippen LogP contribution in [0.4, 0.5) is 0 Å². The molecule has 0 aliphatic rings. The van der Waals surface area contributed by atoms with E-state index in [1.54, 1.807) is 11.8 Å². The van der Waals surface area contributed by atoms with Crippen molar-refractivity contribution in [3.8, 4) is 0 Å². The highest BCUT2D eigenvalue weighted by molar-refractivity contribution is 7.99. The molecule has 1 aromatic carbocycles. The third-order valence-corrected chi connectivity index (χ3v) is 4.74. The molecule has 0 radical (unpaired) electrons. The van der Waals surface area contributed by atoms with Gasteiger partial charge in [-0.25, -0.2) is 0 Å². The van der Waals surface area contributed by atoms with E-state index in [1.807, 2.05) is 30.5 Å². The van der Waals surface area contributed by atoms with Crippen LogP contribution in [0.3, 0.4) is 0 Å². The largest absolute Gasteiger partial charge is 0.361 e. The Balaban J connectivity index is 1.88. The lowest BCUT2D eigenvalue weighted by Gasteiger charge is -2.13. The minimum absolute atomic E-state index is 0.0754. The van der Waals surface area contributed by atoms with Gasteiger partial charge in [-0.05, 0) is 30.7 Å². The Hall–Kier alpha value is -1.46. The zero-order chi connectivity index (χ0) is 15.2. The van der Waals surface area contributed by atoms with Gasteiger partial charge in [0.1, 0.15) is 0 Å². The molecule has 0 saturated carbocycles. The summed E-state index contributed by atoms with van der Waals surface area (Å²) in [6, 6.07) is 7.55. The van der Waals surface area contributed by atoms with Gasteiger partial charge in [0, 0.05) is 28.9 Å². The van der Waals surface area contributed by atoms with Crippen molar-refractivity contribution in [2.24, 2.45) is 5.73 Å². The van der Waals surface area contributed by atoms with Crippen molar-refractivity contribution in [1.82, 2.24) is 10.3 Å². The van der Waals surface area contributed by atoms with Gasteiger partial charge in [0.05, 0.1) is 6.04 Å². The molecule has 1 amide bonds. The number of thioether (sulfide) groups is 1. The Morgan fingerprint density at radius 2 is 2.19 bits per heavy atom. The number of aromatic nitrogens is 1.